The fourth-order valence-corrected chi connectivity index (χ4v) is 3.78. The molecule has 0 aromatic carbocycles. The Balaban J connectivity index is 1.75. The van der Waals surface area contributed by atoms with Crippen LogP contribution < -0.4 is 0 Å². The third-order valence-electron chi connectivity index (χ3n) is 5.42. The van der Waals surface area contributed by atoms with Gasteiger partial charge < -0.3 is 4.74 Å². The number of hydrogen-bond acceptors (Lipinski definition) is 2. The van der Waals surface area contributed by atoms with E-state index in [0.717, 1.165) is 50.9 Å². The lowest BCUT2D eigenvalue weighted by Gasteiger charge is -2.33. The summed E-state index contributed by atoms with van der Waals surface area (Å²) in [5, 5.41) is 0. The van der Waals surface area contributed by atoms with E-state index in [0.29, 0.717) is 6.42 Å². The summed E-state index contributed by atoms with van der Waals surface area (Å²) in [6, 6.07) is 0. The summed E-state index contributed by atoms with van der Waals surface area (Å²) < 4.78 is 19.5. The molecule has 0 saturated heterocycles. The maximum atomic E-state index is 13.9. The minimum atomic E-state index is -0.789. The highest BCUT2D eigenvalue weighted by Gasteiger charge is 2.33. The molecule has 0 N–H and O–H groups in total. The van der Waals surface area contributed by atoms with Crippen molar-refractivity contribution in [2.45, 2.75) is 83.9 Å². The molecule has 3 atom stereocenters. The van der Waals surface area contributed by atoms with Crippen molar-refractivity contribution in [2.75, 3.05) is 0 Å². The van der Waals surface area contributed by atoms with Gasteiger partial charge in [0.15, 0.2) is 0 Å². The topological polar surface area (TPSA) is 26.3 Å². The van der Waals surface area contributed by atoms with E-state index in [-0.39, 0.29) is 23.9 Å². The minimum absolute atomic E-state index is 0.0632. The summed E-state index contributed by atoms with van der Waals surface area (Å²) in [5.41, 5.74) is 0. The van der Waals surface area contributed by atoms with Crippen LogP contribution in [0.2, 0.25) is 0 Å². The van der Waals surface area contributed by atoms with E-state index in [1.54, 1.807) is 0 Å². The molecule has 2 aliphatic carbocycles. The molecule has 0 spiro atoms. The summed E-state index contributed by atoms with van der Waals surface area (Å²) in [7, 11) is 0. The monoisotopic (exact) mass is 284 g/mol. The number of rotatable bonds is 4. The fourth-order valence-electron chi connectivity index (χ4n) is 3.78. The van der Waals surface area contributed by atoms with Crippen LogP contribution in [0.25, 0.3) is 0 Å². The first-order chi connectivity index (χ1) is 9.63. The van der Waals surface area contributed by atoms with Gasteiger partial charge in [-0.2, -0.15) is 0 Å². The average molecular weight is 284 g/mol. The van der Waals surface area contributed by atoms with Gasteiger partial charge in [0, 0.05) is 6.42 Å². The van der Waals surface area contributed by atoms with E-state index < -0.39 is 6.17 Å². The third-order valence-corrected chi connectivity index (χ3v) is 5.42. The van der Waals surface area contributed by atoms with Crippen molar-refractivity contribution in [1.82, 2.24) is 0 Å². The van der Waals surface area contributed by atoms with E-state index in [9.17, 15) is 9.18 Å². The van der Waals surface area contributed by atoms with Gasteiger partial charge in [-0.1, -0.05) is 26.7 Å². The molecule has 2 rings (SSSR count). The van der Waals surface area contributed by atoms with Gasteiger partial charge in [0.05, 0.1) is 5.92 Å². The van der Waals surface area contributed by atoms with Gasteiger partial charge >= 0.3 is 5.97 Å². The molecule has 2 nitrogen and oxygen atoms in total. The predicted molar refractivity (Wildman–Crippen MR) is 78.1 cm³/mol. The summed E-state index contributed by atoms with van der Waals surface area (Å²) in [6.45, 7) is 4.26. The normalized spacial score (nSPS) is 38.5. The molecule has 20 heavy (non-hydrogen) atoms. The summed E-state index contributed by atoms with van der Waals surface area (Å²) in [4.78, 5) is 12.2. The van der Waals surface area contributed by atoms with Gasteiger partial charge in [0.2, 0.25) is 0 Å². The number of carbonyl (C=O) groups is 1. The van der Waals surface area contributed by atoms with Gasteiger partial charge in [-0.3, -0.25) is 4.79 Å². The molecular formula is C17H29FO2. The van der Waals surface area contributed by atoms with E-state index >= 15 is 0 Å². The maximum Gasteiger partial charge on any atom is 0.309 e. The van der Waals surface area contributed by atoms with Crippen LogP contribution in [0.3, 0.4) is 0 Å². The molecule has 0 aliphatic heterocycles. The molecule has 2 aliphatic rings. The third kappa shape index (κ3) is 3.95. The van der Waals surface area contributed by atoms with Crippen LogP contribution in [0.1, 0.15) is 71.6 Å². The van der Waals surface area contributed by atoms with Crippen molar-refractivity contribution >= 4 is 5.97 Å². The Morgan fingerprint density at radius 1 is 1.05 bits per heavy atom. The SMILES string of the molecule is CCC1CCC(C(=O)OC2CCC(CC)C(F)C2)CC1. The number of hydrogen-bond donors (Lipinski definition) is 0. The van der Waals surface area contributed by atoms with E-state index in [4.69, 9.17) is 4.74 Å². The Kier molecular flexibility index (Phi) is 5.86. The second-order valence-electron chi connectivity index (χ2n) is 6.68. The van der Waals surface area contributed by atoms with Crippen LogP contribution in [0.15, 0.2) is 0 Å². The Morgan fingerprint density at radius 2 is 1.75 bits per heavy atom. The average Bonchev–Trinajstić information content (AvgIpc) is 2.47. The number of ether oxygens (including phenoxy) is 1. The van der Waals surface area contributed by atoms with Gasteiger partial charge in [-0.05, 0) is 50.4 Å². The van der Waals surface area contributed by atoms with Gasteiger partial charge in [-0.15, -0.1) is 0 Å². The Morgan fingerprint density at radius 3 is 2.30 bits per heavy atom. The molecule has 116 valence electrons. The molecule has 0 aromatic heterocycles. The van der Waals surface area contributed by atoms with E-state index in [2.05, 4.69) is 6.92 Å². The summed E-state index contributed by atoms with van der Waals surface area (Å²) in [5.74, 6) is 0.964. The zero-order valence-electron chi connectivity index (χ0n) is 12.9. The van der Waals surface area contributed by atoms with Crippen molar-refractivity contribution in [3.63, 3.8) is 0 Å². The highest BCUT2D eigenvalue weighted by atomic mass is 19.1. The molecule has 0 radical (unpaired) electrons. The first kappa shape index (κ1) is 15.8. The standard InChI is InChI=1S/C17H29FO2/c1-3-12-5-7-14(8-6-12)17(19)20-15-10-9-13(4-2)16(18)11-15/h12-16H,3-11H2,1-2H3. The number of esters is 1. The Bertz CT molecular complexity index is 310. The van der Waals surface area contributed by atoms with Crippen LogP contribution in [0, 0.1) is 17.8 Å². The Labute approximate surface area is 122 Å². The van der Waals surface area contributed by atoms with Crippen molar-refractivity contribution in [3.8, 4) is 0 Å². The van der Waals surface area contributed by atoms with E-state index in [1.165, 1.54) is 6.42 Å². The van der Waals surface area contributed by atoms with Gasteiger partial charge in [0.25, 0.3) is 0 Å². The number of alkyl halides is 1. The first-order valence-corrected chi connectivity index (χ1v) is 8.48. The van der Waals surface area contributed by atoms with Crippen LogP contribution in [0.4, 0.5) is 4.39 Å². The zero-order chi connectivity index (χ0) is 14.5. The van der Waals surface area contributed by atoms with Crippen LogP contribution in [-0.4, -0.2) is 18.2 Å². The van der Waals surface area contributed by atoms with Gasteiger partial charge in [0.1, 0.15) is 12.3 Å². The van der Waals surface area contributed by atoms with E-state index in [1.807, 2.05) is 6.92 Å². The molecule has 0 amide bonds. The molecule has 2 fully saturated rings. The van der Waals surface area contributed by atoms with Crippen molar-refractivity contribution in [3.05, 3.63) is 0 Å². The van der Waals surface area contributed by atoms with Crippen molar-refractivity contribution in [2.24, 2.45) is 17.8 Å². The zero-order valence-corrected chi connectivity index (χ0v) is 12.9. The van der Waals surface area contributed by atoms with Gasteiger partial charge in [-0.25, -0.2) is 4.39 Å². The smallest absolute Gasteiger partial charge is 0.309 e. The largest absolute Gasteiger partial charge is 0.462 e. The lowest BCUT2D eigenvalue weighted by molar-refractivity contribution is -0.158. The molecule has 0 heterocycles. The quantitative estimate of drug-likeness (QED) is 0.702. The predicted octanol–water partition coefficient (Wildman–Crippen LogP) is 4.66. The highest BCUT2D eigenvalue weighted by molar-refractivity contribution is 5.72. The maximum absolute atomic E-state index is 13.9. The fraction of sp³-hybridized carbons (Fsp3) is 0.941. The Hall–Kier alpha value is -0.600. The molecule has 3 heteroatoms. The molecule has 0 aromatic rings. The molecule has 0 bridgehead atoms. The summed E-state index contributed by atoms with van der Waals surface area (Å²) >= 11 is 0. The first-order valence-electron chi connectivity index (χ1n) is 8.48. The summed E-state index contributed by atoms with van der Waals surface area (Å²) in [6.07, 6.45) is 7.46. The number of halogens is 1. The highest BCUT2D eigenvalue weighted by Crippen LogP contribution is 2.34. The molecular weight excluding hydrogens is 255 g/mol. The minimum Gasteiger partial charge on any atom is -0.462 e. The van der Waals surface area contributed by atoms with Crippen LogP contribution >= 0.6 is 0 Å². The lowest BCUT2D eigenvalue weighted by atomic mass is 9.80. The number of carbonyl (C=O) groups excluding carboxylic acids is 1. The van der Waals surface area contributed by atoms with Crippen molar-refractivity contribution in [1.29, 1.82) is 0 Å². The van der Waals surface area contributed by atoms with Crippen molar-refractivity contribution < 1.29 is 13.9 Å². The van der Waals surface area contributed by atoms with Crippen LogP contribution in [0.5, 0.6) is 0 Å². The second-order valence-corrected chi connectivity index (χ2v) is 6.68. The molecule has 2 saturated carbocycles. The lowest BCUT2D eigenvalue weighted by Crippen LogP contribution is -2.34. The second kappa shape index (κ2) is 7.42. The van der Waals surface area contributed by atoms with Crippen LogP contribution in [-0.2, 0) is 9.53 Å². The molecule has 3 unspecified atom stereocenters.